The Morgan fingerprint density at radius 2 is 2.22 bits per heavy atom. The van der Waals surface area contributed by atoms with Crippen molar-refractivity contribution in [3.63, 3.8) is 0 Å². The molecule has 1 aliphatic rings. The zero-order valence-electron chi connectivity index (χ0n) is 11.2. The smallest absolute Gasteiger partial charge is 0.119 e. The molecule has 1 saturated heterocycles. The first kappa shape index (κ1) is 13.4. The van der Waals surface area contributed by atoms with Crippen molar-refractivity contribution in [1.29, 1.82) is 0 Å². The topological polar surface area (TPSA) is 38.7 Å². The van der Waals surface area contributed by atoms with Crippen LogP contribution in [0.3, 0.4) is 0 Å². The third-order valence-corrected chi connectivity index (χ3v) is 3.50. The van der Waals surface area contributed by atoms with Crippen LogP contribution in [0, 0.1) is 5.41 Å². The molecule has 0 aromatic heterocycles. The van der Waals surface area contributed by atoms with E-state index in [-0.39, 0.29) is 17.9 Å². The molecule has 1 N–H and O–H groups in total. The summed E-state index contributed by atoms with van der Waals surface area (Å²) in [4.78, 5) is 0. The van der Waals surface area contributed by atoms with Crippen molar-refractivity contribution in [3.8, 4) is 5.75 Å². The SMILES string of the molecule is CCOc1cccc(C(CO)CC2(C)COC2)c1. The molecular formula is C15H22O3. The second-order valence-corrected chi connectivity index (χ2v) is 5.39. The predicted molar refractivity (Wildman–Crippen MR) is 71.0 cm³/mol. The molecule has 0 radical (unpaired) electrons. The Morgan fingerprint density at radius 3 is 2.78 bits per heavy atom. The fourth-order valence-electron chi connectivity index (χ4n) is 2.48. The lowest BCUT2D eigenvalue weighted by atomic mass is 9.77. The number of hydrogen-bond donors (Lipinski definition) is 1. The van der Waals surface area contributed by atoms with Crippen LogP contribution in [0.5, 0.6) is 5.75 Å². The van der Waals surface area contributed by atoms with Crippen LogP contribution < -0.4 is 4.74 Å². The van der Waals surface area contributed by atoms with Gasteiger partial charge < -0.3 is 14.6 Å². The van der Waals surface area contributed by atoms with Gasteiger partial charge in [-0.15, -0.1) is 0 Å². The fourth-order valence-corrected chi connectivity index (χ4v) is 2.48. The molecule has 1 heterocycles. The molecule has 0 spiro atoms. The van der Waals surface area contributed by atoms with Gasteiger partial charge in [0.05, 0.1) is 19.8 Å². The quantitative estimate of drug-likeness (QED) is 0.843. The highest BCUT2D eigenvalue weighted by atomic mass is 16.5. The lowest BCUT2D eigenvalue weighted by Crippen LogP contribution is -2.41. The molecule has 1 atom stereocenters. The molecule has 1 aromatic carbocycles. The number of aliphatic hydroxyl groups excluding tert-OH is 1. The first-order valence-corrected chi connectivity index (χ1v) is 6.58. The summed E-state index contributed by atoms with van der Waals surface area (Å²) in [6.07, 6.45) is 0.957. The van der Waals surface area contributed by atoms with Crippen LogP contribution >= 0.6 is 0 Å². The van der Waals surface area contributed by atoms with E-state index in [0.29, 0.717) is 6.61 Å². The number of hydrogen-bond acceptors (Lipinski definition) is 3. The molecule has 0 aliphatic carbocycles. The molecule has 1 aromatic rings. The molecule has 18 heavy (non-hydrogen) atoms. The summed E-state index contributed by atoms with van der Waals surface area (Å²) >= 11 is 0. The van der Waals surface area contributed by atoms with Gasteiger partial charge in [-0.25, -0.2) is 0 Å². The Balaban J connectivity index is 2.08. The molecule has 0 amide bonds. The van der Waals surface area contributed by atoms with E-state index in [1.807, 2.05) is 25.1 Å². The first-order valence-electron chi connectivity index (χ1n) is 6.58. The van der Waals surface area contributed by atoms with Gasteiger partial charge in [0.2, 0.25) is 0 Å². The monoisotopic (exact) mass is 250 g/mol. The fraction of sp³-hybridized carbons (Fsp3) is 0.600. The summed E-state index contributed by atoms with van der Waals surface area (Å²) in [5.74, 6) is 1.04. The largest absolute Gasteiger partial charge is 0.494 e. The van der Waals surface area contributed by atoms with Crippen LogP contribution in [-0.4, -0.2) is 31.5 Å². The molecule has 0 bridgehead atoms. The van der Waals surface area contributed by atoms with E-state index in [2.05, 4.69) is 13.0 Å². The third-order valence-electron chi connectivity index (χ3n) is 3.50. The summed E-state index contributed by atoms with van der Waals surface area (Å²) in [6, 6.07) is 8.04. The van der Waals surface area contributed by atoms with Crippen molar-refractivity contribution in [3.05, 3.63) is 29.8 Å². The zero-order chi connectivity index (χ0) is 13.0. The van der Waals surface area contributed by atoms with E-state index >= 15 is 0 Å². The van der Waals surface area contributed by atoms with E-state index in [4.69, 9.17) is 9.47 Å². The Labute approximate surface area is 109 Å². The number of benzene rings is 1. The van der Waals surface area contributed by atoms with E-state index < -0.39 is 0 Å². The number of aliphatic hydroxyl groups is 1. The molecule has 2 rings (SSSR count). The van der Waals surface area contributed by atoms with Crippen molar-refractivity contribution in [2.45, 2.75) is 26.2 Å². The highest BCUT2D eigenvalue weighted by Crippen LogP contribution is 2.38. The standard InChI is InChI=1S/C15H22O3/c1-3-18-14-6-4-5-12(7-14)13(9-16)8-15(2)10-17-11-15/h4-7,13,16H,3,8-11H2,1-2H3. The van der Waals surface area contributed by atoms with E-state index in [1.54, 1.807) is 0 Å². The average Bonchev–Trinajstić information content (AvgIpc) is 2.34. The van der Waals surface area contributed by atoms with E-state index in [1.165, 1.54) is 0 Å². The molecule has 3 nitrogen and oxygen atoms in total. The third kappa shape index (κ3) is 3.03. The summed E-state index contributed by atoms with van der Waals surface area (Å²) in [5.41, 5.74) is 1.37. The van der Waals surface area contributed by atoms with Crippen LogP contribution in [0.1, 0.15) is 31.7 Å². The Bertz CT molecular complexity index is 385. The minimum Gasteiger partial charge on any atom is -0.494 e. The van der Waals surface area contributed by atoms with Gasteiger partial charge in [0.25, 0.3) is 0 Å². The van der Waals surface area contributed by atoms with Gasteiger partial charge in [0.1, 0.15) is 5.75 Å². The zero-order valence-corrected chi connectivity index (χ0v) is 11.2. The Hall–Kier alpha value is -1.06. The minimum absolute atomic E-state index is 0.166. The van der Waals surface area contributed by atoms with Crippen LogP contribution in [0.15, 0.2) is 24.3 Å². The molecule has 0 saturated carbocycles. The van der Waals surface area contributed by atoms with Gasteiger partial charge in [-0.3, -0.25) is 0 Å². The van der Waals surface area contributed by atoms with Crippen molar-refractivity contribution >= 4 is 0 Å². The minimum atomic E-state index is 0.166. The molecule has 1 unspecified atom stereocenters. The van der Waals surface area contributed by atoms with Gasteiger partial charge in [0.15, 0.2) is 0 Å². The van der Waals surface area contributed by atoms with Crippen LogP contribution in [0.25, 0.3) is 0 Å². The maximum absolute atomic E-state index is 9.60. The maximum Gasteiger partial charge on any atom is 0.119 e. The van der Waals surface area contributed by atoms with Crippen LogP contribution in [0.2, 0.25) is 0 Å². The summed E-state index contributed by atoms with van der Waals surface area (Å²) in [6.45, 7) is 6.63. The van der Waals surface area contributed by atoms with Gasteiger partial charge in [0, 0.05) is 17.9 Å². The van der Waals surface area contributed by atoms with Gasteiger partial charge in [-0.2, -0.15) is 0 Å². The van der Waals surface area contributed by atoms with Crippen molar-refractivity contribution < 1.29 is 14.6 Å². The lowest BCUT2D eigenvalue weighted by molar-refractivity contribution is -0.110. The molecule has 100 valence electrons. The van der Waals surface area contributed by atoms with Gasteiger partial charge in [-0.05, 0) is 31.0 Å². The second kappa shape index (κ2) is 5.72. The maximum atomic E-state index is 9.60. The highest BCUT2D eigenvalue weighted by molar-refractivity contribution is 5.31. The van der Waals surface area contributed by atoms with Crippen LogP contribution in [-0.2, 0) is 4.74 Å². The average molecular weight is 250 g/mol. The molecule has 1 aliphatic heterocycles. The number of rotatable bonds is 6. The highest BCUT2D eigenvalue weighted by Gasteiger charge is 2.35. The van der Waals surface area contributed by atoms with Crippen LogP contribution in [0.4, 0.5) is 0 Å². The Kier molecular flexibility index (Phi) is 4.25. The van der Waals surface area contributed by atoms with Crippen molar-refractivity contribution in [1.82, 2.24) is 0 Å². The predicted octanol–water partition coefficient (Wildman–Crippen LogP) is 2.59. The molecular weight excluding hydrogens is 228 g/mol. The summed E-state index contributed by atoms with van der Waals surface area (Å²) < 4.78 is 10.8. The first-order chi connectivity index (χ1) is 8.67. The van der Waals surface area contributed by atoms with Crippen molar-refractivity contribution in [2.75, 3.05) is 26.4 Å². The van der Waals surface area contributed by atoms with Crippen molar-refractivity contribution in [2.24, 2.45) is 5.41 Å². The Morgan fingerprint density at radius 1 is 1.44 bits per heavy atom. The molecule has 3 heteroatoms. The lowest BCUT2D eigenvalue weighted by Gasteiger charge is -2.40. The normalized spacial score (nSPS) is 19.1. The molecule has 1 fully saturated rings. The van der Waals surface area contributed by atoms with E-state index in [9.17, 15) is 5.11 Å². The number of ether oxygens (including phenoxy) is 2. The van der Waals surface area contributed by atoms with Gasteiger partial charge in [-0.1, -0.05) is 19.1 Å². The summed E-state index contributed by atoms with van der Waals surface area (Å²) in [5, 5.41) is 9.60. The second-order valence-electron chi connectivity index (χ2n) is 5.39. The summed E-state index contributed by atoms with van der Waals surface area (Å²) in [7, 11) is 0. The van der Waals surface area contributed by atoms with E-state index in [0.717, 1.165) is 30.9 Å². The van der Waals surface area contributed by atoms with Gasteiger partial charge >= 0.3 is 0 Å².